The Morgan fingerprint density at radius 2 is 2.33 bits per heavy atom. The van der Waals surface area contributed by atoms with Crippen molar-refractivity contribution in [3.05, 3.63) is 39.6 Å². The molecule has 1 saturated heterocycles. The van der Waals surface area contributed by atoms with Crippen LogP contribution in [-0.2, 0) is 4.74 Å². The van der Waals surface area contributed by atoms with E-state index >= 15 is 0 Å². The Labute approximate surface area is 145 Å². The Hall–Kier alpha value is -2.03. The quantitative estimate of drug-likeness (QED) is 0.763. The minimum absolute atomic E-state index is 0.543. The summed E-state index contributed by atoms with van der Waals surface area (Å²) in [5, 5.41) is 6.29. The van der Waals surface area contributed by atoms with E-state index in [-0.39, 0.29) is 0 Å². The monoisotopic (exact) mass is 346 g/mol. The van der Waals surface area contributed by atoms with Gasteiger partial charge in [-0.05, 0) is 6.08 Å². The predicted octanol–water partition coefficient (Wildman–Crippen LogP) is 0.622. The van der Waals surface area contributed by atoms with Gasteiger partial charge in [-0.3, -0.25) is 14.9 Å². The summed E-state index contributed by atoms with van der Waals surface area (Å²) in [6, 6.07) is 0. The molecule has 2 aliphatic heterocycles. The lowest BCUT2D eigenvalue weighted by atomic mass is 10.1. The maximum Gasteiger partial charge on any atom is 0.162 e. The van der Waals surface area contributed by atoms with Gasteiger partial charge in [0.05, 0.1) is 19.8 Å². The number of amidine groups is 1. The summed E-state index contributed by atoms with van der Waals surface area (Å²) in [4.78, 5) is 15.3. The summed E-state index contributed by atoms with van der Waals surface area (Å²) in [6.45, 7) is 4.71. The Morgan fingerprint density at radius 3 is 3.04 bits per heavy atom. The normalized spacial score (nSPS) is 20.4. The van der Waals surface area contributed by atoms with Gasteiger partial charge in [0.1, 0.15) is 0 Å². The zero-order valence-electron chi connectivity index (χ0n) is 13.7. The van der Waals surface area contributed by atoms with Gasteiger partial charge in [-0.2, -0.15) is 0 Å². The van der Waals surface area contributed by atoms with Gasteiger partial charge in [0.25, 0.3) is 0 Å². The van der Waals surface area contributed by atoms with E-state index in [9.17, 15) is 0 Å². The number of morpholine rings is 1. The number of rotatable bonds is 5. The molecule has 7 nitrogen and oxygen atoms in total. The third-order valence-electron chi connectivity index (χ3n) is 3.90. The number of hydrogen-bond donors (Lipinski definition) is 2. The summed E-state index contributed by atoms with van der Waals surface area (Å²) in [7, 11) is 1.73. The molecule has 0 spiro atoms. The number of nitrogens with two attached hydrogens (primary N) is 1. The fourth-order valence-electron chi connectivity index (χ4n) is 2.61. The first-order valence-corrected chi connectivity index (χ1v) is 8.77. The summed E-state index contributed by atoms with van der Waals surface area (Å²) in [5.41, 5.74) is 9.03. The SMILES string of the molecule is CN=CC=C(N)C1=C(CN2CCOCC2)NC(c2nccs2)=NC1. The Morgan fingerprint density at radius 1 is 1.50 bits per heavy atom. The van der Waals surface area contributed by atoms with E-state index in [0.29, 0.717) is 12.2 Å². The number of nitrogens with zero attached hydrogens (tertiary/aromatic N) is 4. The molecule has 0 amide bonds. The molecule has 1 aromatic rings. The van der Waals surface area contributed by atoms with Crippen molar-refractivity contribution in [3.63, 3.8) is 0 Å². The molecule has 0 saturated carbocycles. The van der Waals surface area contributed by atoms with Crippen molar-refractivity contribution in [2.24, 2.45) is 15.7 Å². The molecule has 24 heavy (non-hydrogen) atoms. The molecule has 1 aromatic heterocycles. The van der Waals surface area contributed by atoms with E-state index in [4.69, 9.17) is 10.5 Å². The highest BCUT2D eigenvalue weighted by Crippen LogP contribution is 2.18. The van der Waals surface area contributed by atoms with Crippen molar-refractivity contribution in [2.45, 2.75) is 0 Å². The van der Waals surface area contributed by atoms with Gasteiger partial charge in [0.2, 0.25) is 0 Å². The molecule has 2 aliphatic rings. The molecular formula is C16H22N6OS. The van der Waals surface area contributed by atoms with Gasteiger partial charge in [-0.15, -0.1) is 11.3 Å². The molecule has 8 heteroatoms. The lowest BCUT2D eigenvalue weighted by Crippen LogP contribution is -2.42. The molecular weight excluding hydrogens is 324 g/mol. The third kappa shape index (κ3) is 4.08. The summed E-state index contributed by atoms with van der Waals surface area (Å²) in [6.07, 6.45) is 5.31. The molecule has 0 radical (unpaired) electrons. The zero-order chi connectivity index (χ0) is 16.8. The molecule has 3 rings (SSSR count). The van der Waals surface area contributed by atoms with Crippen LogP contribution in [0, 0.1) is 0 Å². The molecule has 0 bridgehead atoms. The average molecular weight is 346 g/mol. The second-order valence-corrected chi connectivity index (χ2v) is 6.40. The van der Waals surface area contributed by atoms with Crippen molar-refractivity contribution >= 4 is 23.4 Å². The Bertz CT molecular complexity index is 671. The van der Waals surface area contributed by atoms with E-state index in [1.807, 2.05) is 11.5 Å². The number of aliphatic imine (C=N–C) groups is 2. The fraction of sp³-hybridized carbons (Fsp3) is 0.438. The molecule has 0 atom stereocenters. The van der Waals surface area contributed by atoms with Crippen LogP contribution >= 0.6 is 11.3 Å². The maximum atomic E-state index is 6.24. The lowest BCUT2D eigenvalue weighted by Gasteiger charge is -2.30. The van der Waals surface area contributed by atoms with Crippen LogP contribution in [0.4, 0.5) is 0 Å². The van der Waals surface area contributed by atoms with Crippen LogP contribution in [0.3, 0.4) is 0 Å². The first-order chi connectivity index (χ1) is 11.8. The van der Waals surface area contributed by atoms with Gasteiger partial charge >= 0.3 is 0 Å². The first kappa shape index (κ1) is 16.8. The van der Waals surface area contributed by atoms with Crippen molar-refractivity contribution < 1.29 is 4.74 Å². The third-order valence-corrected chi connectivity index (χ3v) is 4.68. The van der Waals surface area contributed by atoms with E-state index in [2.05, 4.69) is 25.2 Å². The predicted molar refractivity (Wildman–Crippen MR) is 97.6 cm³/mol. The van der Waals surface area contributed by atoms with E-state index in [1.54, 1.807) is 30.8 Å². The van der Waals surface area contributed by atoms with Crippen molar-refractivity contribution in [3.8, 4) is 0 Å². The second-order valence-electron chi connectivity index (χ2n) is 5.50. The first-order valence-electron chi connectivity index (χ1n) is 7.89. The number of hydrogen-bond acceptors (Lipinski definition) is 8. The van der Waals surface area contributed by atoms with Crippen molar-refractivity contribution in [2.75, 3.05) is 46.4 Å². The van der Waals surface area contributed by atoms with Crippen LogP contribution in [0.15, 0.2) is 44.6 Å². The van der Waals surface area contributed by atoms with Gasteiger partial charge in [0.15, 0.2) is 10.8 Å². The van der Waals surface area contributed by atoms with Crippen LogP contribution in [0.2, 0.25) is 0 Å². The molecule has 0 aromatic carbocycles. The number of allylic oxidation sites excluding steroid dienone is 1. The number of aromatic nitrogens is 1. The molecule has 128 valence electrons. The van der Waals surface area contributed by atoms with E-state index in [1.165, 1.54) is 0 Å². The number of nitrogens with one attached hydrogen (secondary N) is 1. The Balaban J connectivity index is 1.83. The largest absolute Gasteiger partial charge is 0.398 e. The fourth-order valence-corrected chi connectivity index (χ4v) is 3.21. The van der Waals surface area contributed by atoms with Gasteiger partial charge in [-0.1, -0.05) is 0 Å². The van der Waals surface area contributed by atoms with Crippen molar-refractivity contribution in [1.82, 2.24) is 15.2 Å². The molecule has 0 unspecified atom stereocenters. The van der Waals surface area contributed by atoms with E-state index in [0.717, 1.165) is 55.0 Å². The van der Waals surface area contributed by atoms with Crippen LogP contribution in [0.25, 0.3) is 0 Å². The van der Waals surface area contributed by atoms with Gasteiger partial charge in [0, 0.05) is 61.4 Å². The number of thiazole rings is 1. The summed E-state index contributed by atoms with van der Waals surface area (Å²) in [5.74, 6) is 0.814. The molecule has 1 fully saturated rings. The number of ether oxygens (including phenoxy) is 1. The average Bonchev–Trinajstić information content (AvgIpc) is 3.15. The van der Waals surface area contributed by atoms with Gasteiger partial charge < -0.3 is 15.8 Å². The highest BCUT2D eigenvalue weighted by Gasteiger charge is 2.22. The lowest BCUT2D eigenvalue weighted by molar-refractivity contribution is 0.0417. The van der Waals surface area contributed by atoms with E-state index < -0.39 is 0 Å². The summed E-state index contributed by atoms with van der Waals surface area (Å²) < 4.78 is 5.43. The standard InChI is InChI=1S/C16H22N6OS/c1-18-3-2-13(17)12-10-20-15(16-19-4-9-24-16)21-14(12)11-22-5-7-23-8-6-22/h2-4,9H,5-8,10-11,17H2,1H3,(H,20,21). The van der Waals surface area contributed by atoms with Crippen LogP contribution in [0.5, 0.6) is 0 Å². The minimum Gasteiger partial charge on any atom is -0.398 e. The minimum atomic E-state index is 0.543. The second kappa shape index (κ2) is 8.18. The van der Waals surface area contributed by atoms with Crippen LogP contribution in [0.1, 0.15) is 5.01 Å². The molecule has 0 aliphatic carbocycles. The summed E-state index contributed by atoms with van der Waals surface area (Å²) >= 11 is 1.57. The van der Waals surface area contributed by atoms with Crippen LogP contribution in [-0.4, -0.2) is 68.4 Å². The van der Waals surface area contributed by atoms with Crippen molar-refractivity contribution in [1.29, 1.82) is 0 Å². The zero-order valence-corrected chi connectivity index (χ0v) is 14.6. The maximum absolute atomic E-state index is 6.24. The Kier molecular flexibility index (Phi) is 5.73. The highest BCUT2D eigenvalue weighted by molar-refractivity contribution is 7.11. The molecule has 3 heterocycles. The van der Waals surface area contributed by atoms with Gasteiger partial charge in [-0.25, -0.2) is 4.98 Å². The molecule has 3 N–H and O–H groups in total. The smallest absolute Gasteiger partial charge is 0.162 e. The topological polar surface area (TPSA) is 88.1 Å². The van der Waals surface area contributed by atoms with Crippen LogP contribution < -0.4 is 11.1 Å². The highest BCUT2D eigenvalue weighted by atomic mass is 32.1.